The second kappa shape index (κ2) is 7.96. The van der Waals surface area contributed by atoms with E-state index in [0.717, 1.165) is 19.5 Å². The van der Waals surface area contributed by atoms with E-state index in [0.29, 0.717) is 19.0 Å². The van der Waals surface area contributed by atoms with Gasteiger partial charge in [-0.25, -0.2) is 0 Å². The minimum atomic E-state index is -0.793. The summed E-state index contributed by atoms with van der Waals surface area (Å²) in [6, 6.07) is 0.615. The summed E-state index contributed by atoms with van der Waals surface area (Å²) in [6.45, 7) is 7.71. The van der Waals surface area contributed by atoms with Gasteiger partial charge in [0.1, 0.15) is 5.54 Å². The number of carboxylic acid groups (broad SMARTS) is 1. The van der Waals surface area contributed by atoms with Crippen molar-refractivity contribution in [3.63, 3.8) is 0 Å². The van der Waals surface area contributed by atoms with Gasteiger partial charge in [0.05, 0.1) is 0 Å². The Morgan fingerprint density at radius 2 is 2.25 bits per heavy atom. The predicted octanol–water partition coefficient (Wildman–Crippen LogP) is 1.25. The second-order valence-corrected chi connectivity index (χ2v) is 6.31. The molecule has 2 atom stereocenters. The summed E-state index contributed by atoms with van der Waals surface area (Å²) in [6.07, 6.45) is 4.09. The van der Waals surface area contributed by atoms with Crippen LogP contribution in [0.15, 0.2) is 0 Å². The smallest absolute Gasteiger partial charge is 0.323 e. The third-order valence-corrected chi connectivity index (χ3v) is 4.45. The topological polar surface area (TPSA) is 55.8 Å². The standard InChI is InChI=1S/C15H31N3O2/c1-5-16-15(2,14(19)20)9-7-11-18(4)13-8-6-10-17(3)12-13/h13,16H,5-12H2,1-4H3,(H,19,20). The zero-order chi connectivity index (χ0) is 15.2. The highest BCUT2D eigenvalue weighted by molar-refractivity contribution is 5.78. The van der Waals surface area contributed by atoms with Gasteiger partial charge in [-0.1, -0.05) is 6.92 Å². The Kier molecular flexibility index (Phi) is 6.92. The molecule has 1 saturated heterocycles. The Labute approximate surface area is 123 Å². The van der Waals surface area contributed by atoms with Crippen molar-refractivity contribution in [1.29, 1.82) is 0 Å². The minimum Gasteiger partial charge on any atom is -0.480 e. The lowest BCUT2D eigenvalue weighted by Crippen LogP contribution is -2.50. The van der Waals surface area contributed by atoms with E-state index in [1.165, 1.54) is 19.4 Å². The quantitative estimate of drug-likeness (QED) is 0.703. The lowest BCUT2D eigenvalue weighted by molar-refractivity contribution is -0.144. The number of likely N-dealkylation sites (tertiary alicyclic amines) is 1. The van der Waals surface area contributed by atoms with Crippen LogP contribution in [0.25, 0.3) is 0 Å². The number of nitrogens with zero attached hydrogens (tertiary/aromatic N) is 2. The van der Waals surface area contributed by atoms with Gasteiger partial charge in [-0.15, -0.1) is 0 Å². The molecule has 0 spiro atoms. The molecular formula is C15H31N3O2. The molecule has 20 heavy (non-hydrogen) atoms. The number of nitrogens with one attached hydrogen (secondary N) is 1. The van der Waals surface area contributed by atoms with Crippen LogP contribution in [0.5, 0.6) is 0 Å². The van der Waals surface area contributed by atoms with Gasteiger partial charge < -0.3 is 20.2 Å². The van der Waals surface area contributed by atoms with E-state index in [1.54, 1.807) is 6.92 Å². The molecule has 0 bridgehead atoms. The van der Waals surface area contributed by atoms with Crippen molar-refractivity contribution in [3.8, 4) is 0 Å². The summed E-state index contributed by atoms with van der Waals surface area (Å²) in [4.78, 5) is 16.1. The summed E-state index contributed by atoms with van der Waals surface area (Å²) >= 11 is 0. The molecule has 118 valence electrons. The molecule has 0 radical (unpaired) electrons. The third kappa shape index (κ3) is 5.04. The molecular weight excluding hydrogens is 254 g/mol. The number of hydrogen-bond donors (Lipinski definition) is 2. The Hall–Kier alpha value is -0.650. The fourth-order valence-electron chi connectivity index (χ4n) is 3.02. The molecule has 0 saturated carbocycles. The van der Waals surface area contributed by atoms with Crippen LogP contribution < -0.4 is 5.32 Å². The van der Waals surface area contributed by atoms with Crippen LogP contribution in [0.1, 0.15) is 39.5 Å². The lowest BCUT2D eigenvalue weighted by atomic mass is 9.95. The second-order valence-electron chi connectivity index (χ2n) is 6.31. The molecule has 1 fully saturated rings. The average Bonchev–Trinajstić information content (AvgIpc) is 2.38. The average molecular weight is 285 g/mol. The Morgan fingerprint density at radius 3 is 2.80 bits per heavy atom. The molecule has 1 heterocycles. The molecule has 1 aliphatic rings. The van der Waals surface area contributed by atoms with Crippen molar-refractivity contribution in [2.75, 3.05) is 40.3 Å². The lowest BCUT2D eigenvalue weighted by Gasteiger charge is -2.36. The fraction of sp³-hybridized carbons (Fsp3) is 0.933. The summed E-state index contributed by atoms with van der Waals surface area (Å²) in [5, 5.41) is 12.4. The molecule has 5 nitrogen and oxygen atoms in total. The highest BCUT2D eigenvalue weighted by Gasteiger charge is 2.31. The van der Waals surface area contributed by atoms with Crippen molar-refractivity contribution in [2.24, 2.45) is 0 Å². The van der Waals surface area contributed by atoms with Crippen LogP contribution in [-0.2, 0) is 4.79 Å². The first-order valence-electron chi connectivity index (χ1n) is 7.76. The van der Waals surface area contributed by atoms with Crippen LogP contribution in [-0.4, -0.2) is 72.7 Å². The van der Waals surface area contributed by atoms with Crippen LogP contribution >= 0.6 is 0 Å². The van der Waals surface area contributed by atoms with Crippen molar-refractivity contribution in [3.05, 3.63) is 0 Å². The van der Waals surface area contributed by atoms with E-state index < -0.39 is 11.5 Å². The van der Waals surface area contributed by atoms with Crippen LogP contribution in [0, 0.1) is 0 Å². The van der Waals surface area contributed by atoms with Crippen LogP contribution in [0.2, 0.25) is 0 Å². The van der Waals surface area contributed by atoms with Gasteiger partial charge in [-0.05, 0) is 66.3 Å². The third-order valence-electron chi connectivity index (χ3n) is 4.45. The maximum Gasteiger partial charge on any atom is 0.323 e. The van der Waals surface area contributed by atoms with Gasteiger partial charge in [-0.3, -0.25) is 4.79 Å². The van der Waals surface area contributed by atoms with Gasteiger partial charge in [0.15, 0.2) is 0 Å². The molecule has 1 aliphatic heterocycles. The predicted molar refractivity (Wildman–Crippen MR) is 82.1 cm³/mol. The van der Waals surface area contributed by atoms with Crippen molar-refractivity contribution >= 4 is 5.97 Å². The Balaban J connectivity index is 2.36. The van der Waals surface area contributed by atoms with Crippen molar-refractivity contribution in [2.45, 2.75) is 51.1 Å². The van der Waals surface area contributed by atoms with Crippen molar-refractivity contribution < 1.29 is 9.90 Å². The van der Waals surface area contributed by atoms with Gasteiger partial charge in [-0.2, -0.15) is 0 Å². The highest BCUT2D eigenvalue weighted by Crippen LogP contribution is 2.17. The summed E-state index contributed by atoms with van der Waals surface area (Å²) < 4.78 is 0. The van der Waals surface area contributed by atoms with E-state index in [-0.39, 0.29) is 0 Å². The molecule has 2 N–H and O–H groups in total. The molecule has 2 unspecified atom stereocenters. The molecule has 0 aromatic rings. The zero-order valence-corrected chi connectivity index (χ0v) is 13.5. The number of piperidine rings is 1. The number of aliphatic carboxylic acids is 1. The number of carbonyl (C=O) groups is 1. The maximum absolute atomic E-state index is 11.3. The first kappa shape index (κ1) is 17.4. The first-order valence-corrected chi connectivity index (χ1v) is 7.76. The van der Waals surface area contributed by atoms with E-state index in [4.69, 9.17) is 0 Å². The van der Waals surface area contributed by atoms with Gasteiger partial charge in [0.2, 0.25) is 0 Å². The number of hydrogen-bond acceptors (Lipinski definition) is 4. The normalized spacial score (nSPS) is 23.8. The van der Waals surface area contributed by atoms with E-state index >= 15 is 0 Å². The maximum atomic E-state index is 11.3. The molecule has 0 amide bonds. The summed E-state index contributed by atoms with van der Waals surface area (Å²) in [5.41, 5.74) is -0.793. The van der Waals surface area contributed by atoms with Crippen molar-refractivity contribution in [1.82, 2.24) is 15.1 Å². The number of likely N-dealkylation sites (N-methyl/N-ethyl adjacent to an activating group) is 3. The molecule has 0 aromatic carbocycles. The first-order chi connectivity index (χ1) is 9.39. The summed E-state index contributed by atoms with van der Waals surface area (Å²) in [5.74, 6) is -0.751. The molecule has 1 rings (SSSR count). The zero-order valence-electron chi connectivity index (χ0n) is 13.5. The van der Waals surface area contributed by atoms with Gasteiger partial charge >= 0.3 is 5.97 Å². The molecule has 5 heteroatoms. The van der Waals surface area contributed by atoms with Gasteiger partial charge in [0, 0.05) is 12.6 Å². The summed E-state index contributed by atoms with van der Waals surface area (Å²) in [7, 11) is 4.34. The van der Waals surface area contributed by atoms with Gasteiger partial charge in [0.25, 0.3) is 0 Å². The Bertz CT molecular complexity index is 311. The monoisotopic (exact) mass is 285 g/mol. The minimum absolute atomic E-state index is 0.615. The highest BCUT2D eigenvalue weighted by atomic mass is 16.4. The number of rotatable bonds is 8. The van der Waals surface area contributed by atoms with Crippen LogP contribution in [0.3, 0.4) is 0 Å². The molecule has 0 aliphatic carbocycles. The number of carboxylic acids is 1. The molecule has 0 aromatic heterocycles. The SMILES string of the molecule is CCNC(C)(CCCN(C)C1CCCN(C)C1)C(=O)O. The van der Waals surface area contributed by atoms with Crippen LogP contribution in [0.4, 0.5) is 0 Å². The largest absolute Gasteiger partial charge is 0.480 e. The van der Waals surface area contributed by atoms with E-state index in [1.807, 2.05) is 6.92 Å². The van der Waals surface area contributed by atoms with E-state index in [2.05, 4.69) is 29.2 Å². The fourth-order valence-corrected chi connectivity index (χ4v) is 3.02. The van der Waals surface area contributed by atoms with E-state index in [9.17, 15) is 9.90 Å². The Morgan fingerprint density at radius 1 is 1.55 bits per heavy atom.